The molecule has 0 atom stereocenters. The first-order chi connectivity index (χ1) is 13.0. The maximum Gasteiger partial charge on any atom is 0.411 e. The number of nitrogens with one attached hydrogen (secondary N) is 1. The second kappa shape index (κ2) is 7.23. The van der Waals surface area contributed by atoms with Gasteiger partial charge in [0, 0.05) is 42.8 Å². The molecule has 144 valence electrons. The van der Waals surface area contributed by atoms with Gasteiger partial charge in [0.25, 0.3) is 0 Å². The Morgan fingerprint density at radius 2 is 1.96 bits per heavy atom. The van der Waals surface area contributed by atoms with Crippen LogP contribution in [0.5, 0.6) is 0 Å². The van der Waals surface area contributed by atoms with E-state index in [-0.39, 0.29) is 10.9 Å². The zero-order chi connectivity index (χ0) is 19.0. The number of ether oxygens (including phenoxy) is 1. The van der Waals surface area contributed by atoms with Crippen LogP contribution in [0.2, 0.25) is 0 Å². The minimum atomic E-state index is -3.51. The third kappa shape index (κ3) is 3.60. The van der Waals surface area contributed by atoms with E-state index in [1.807, 2.05) is 0 Å². The number of hydrogen-bond donors (Lipinski definition) is 1. The molecular formula is C18H21N3O4S2. The predicted molar refractivity (Wildman–Crippen MR) is 103 cm³/mol. The van der Waals surface area contributed by atoms with Crippen molar-refractivity contribution >= 4 is 33.1 Å². The molecule has 0 spiro atoms. The van der Waals surface area contributed by atoms with Gasteiger partial charge in [0.05, 0.1) is 12.0 Å². The van der Waals surface area contributed by atoms with Crippen LogP contribution in [0.4, 0.5) is 10.5 Å². The summed E-state index contributed by atoms with van der Waals surface area (Å²) in [6, 6.07) is 8.57. The van der Waals surface area contributed by atoms with Gasteiger partial charge < -0.3 is 4.74 Å². The van der Waals surface area contributed by atoms with E-state index >= 15 is 0 Å². The van der Waals surface area contributed by atoms with Crippen molar-refractivity contribution in [2.75, 3.05) is 32.1 Å². The zero-order valence-electron chi connectivity index (χ0n) is 14.9. The molecule has 1 aromatic carbocycles. The Morgan fingerprint density at radius 1 is 1.22 bits per heavy atom. The molecule has 1 N–H and O–H groups in total. The van der Waals surface area contributed by atoms with E-state index in [9.17, 15) is 13.2 Å². The lowest BCUT2D eigenvalue weighted by Crippen LogP contribution is -2.61. The van der Waals surface area contributed by atoms with Crippen LogP contribution in [-0.4, -0.2) is 56.5 Å². The highest BCUT2D eigenvalue weighted by atomic mass is 32.2. The molecule has 0 aliphatic carbocycles. The summed E-state index contributed by atoms with van der Waals surface area (Å²) in [6.07, 6.45) is 0.455. The molecule has 2 aliphatic heterocycles. The summed E-state index contributed by atoms with van der Waals surface area (Å²) in [5, 5.41) is 4.64. The van der Waals surface area contributed by atoms with Crippen LogP contribution in [0.15, 0.2) is 40.6 Å². The molecule has 9 heteroatoms. The van der Waals surface area contributed by atoms with Crippen LogP contribution >= 0.6 is 11.3 Å². The average molecular weight is 408 g/mol. The van der Waals surface area contributed by atoms with Gasteiger partial charge in [0.1, 0.15) is 0 Å². The lowest BCUT2D eigenvalue weighted by atomic mass is 10.0. The van der Waals surface area contributed by atoms with Crippen LogP contribution in [0.3, 0.4) is 0 Å². The number of amides is 1. The van der Waals surface area contributed by atoms with Gasteiger partial charge in [0.15, 0.2) is 0 Å². The molecule has 2 aliphatic rings. The van der Waals surface area contributed by atoms with Crippen LogP contribution in [0, 0.1) is 0 Å². The lowest BCUT2D eigenvalue weighted by Gasteiger charge is -2.45. The van der Waals surface area contributed by atoms with Gasteiger partial charge in [-0.3, -0.25) is 10.2 Å². The van der Waals surface area contributed by atoms with Crippen LogP contribution < -0.4 is 5.32 Å². The number of benzene rings is 1. The number of fused-ring (bicyclic) bond motifs is 1. The maximum atomic E-state index is 12.8. The number of hydrogen-bond acceptors (Lipinski definition) is 6. The topological polar surface area (TPSA) is 78.9 Å². The average Bonchev–Trinajstić information content (AvgIpc) is 3.08. The van der Waals surface area contributed by atoms with Crippen molar-refractivity contribution in [3.8, 4) is 0 Å². The minimum Gasteiger partial charge on any atom is -0.453 e. The summed E-state index contributed by atoms with van der Waals surface area (Å²) >= 11 is 1.81. The molecule has 0 bridgehead atoms. The molecule has 0 saturated carbocycles. The molecular weight excluding hydrogens is 386 g/mol. The van der Waals surface area contributed by atoms with E-state index in [0.717, 1.165) is 19.5 Å². The molecule has 1 fully saturated rings. The fourth-order valence-corrected chi connectivity index (χ4v) is 5.86. The first kappa shape index (κ1) is 18.4. The number of rotatable bonds is 4. The standard InChI is InChI=1S/C18H21N3O4S2/c1-25-18(22)19-14-2-4-16(5-3-14)27(23,24)21-11-15(12-21)20-8-6-17-13(10-20)7-9-26-17/h2-5,7,9,15H,6,8,10-12H2,1H3,(H,19,22). The maximum absolute atomic E-state index is 12.8. The Bertz CT molecular complexity index is 934. The number of methoxy groups -OCH3 is 1. The quantitative estimate of drug-likeness (QED) is 0.842. The van der Waals surface area contributed by atoms with Gasteiger partial charge in [-0.1, -0.05) is 0 Å². The van der Waals surface area contributed by atoms with Gasteiger partial charge in [-0.2, -0.15) is 4.31 Å². The molecule has 3 heterocycles. The van der Waals surface area contributed by atoms with E-state index in [1.165, 1.54) is 34.0 Å². The fraction of sp³-hybridized carbons (Fsp3) is 0.389. The summed E-state index contributed by atoms with van der Waals surface area (Å²) in [5.41, 5.74) is 1.86. The summed E-state index contributed by atoms with van der Waals surface area (Å²) in [5.74, 6) is 0. The summed E-state index contributed by atoms with van der Waals surface area (Å²) in [4.78, 5) is 15.3. The molecule has 0 radical (unpaired) electrons. The molecule has 2 aromatic rings. The van der Waals surface area contributed by atoms with Gasteiger partial charge in [-0.15, -0.1) is 11.3 Å². The molecule has 1 amide bonds. The first-order valence-corrected chi connectivity index (χ1v) is 11.0. The number of carbonyl (C=O) groups is 1. The van der Waals surface area contributed by atoms with Crippen molar-refractivity contribution in [2.45, 2.75) is 23.9 Å². The number of sulfonamides is 1. The smallest absolute Gasteiger partial charge is 0.411 e. The zero-order valence-corrected chi connectivity index (χ0v) is 16.6. The van der Waals surface area contributed by atoms with Crippen molar-refractivity contribution < 1.29 is 17.9 Å². The molecule has 0 unspecified atom stereocenters. The van der Waals surface area contributed by atoms with E-state index in [4.69, 9.17) is 0 Å². The lowest BCUT2D eigenvalue weighted by molar-refractivity contribution is 0.0775. The minimum absolute atomic E-state index is 0.232. The van der Waals surface area contributed by atoms with E-state index < -0.39 is 16.1 Å². The fourth-order valence-electron chi connectivity index (χ4n) is 3.45. The number of thiophene rings is 1. The second-order valence-corrected chi connectivity index (χ2v) is 9.64. The monoisotopic (exact) mass is 407 g/mol. The summed E-state index contributed by atoms with van der Waals surface area (Å²) in [6.45, 7) is 2.93. The summed E-state index contributed by atoms with van der Waals surface area (Å²) < 4.78 is 31.6. The highest BCUT2D eigenvalue weighted by Crippen LogP contribution is 2.30. The SMILES string of the molecule is COC(=O)Nc1ccc(S(=O)(=O)N2CC(N3CCc4sccc4C3)C2)cc1. The normalized spacial score (nSPS) is 18.6. The van der Waals surface area contributed by atoms with Crippen molar-refractivity contribution in [3.63, 3.8) is 0 Å². The Balaban J connectivity index is 1.37. The number of anilines is 1. The summed E-state index contributed by atoms with van der Waals surface area (Å²) in [7, 11) is -2.24. The van der Waals surface area contributed by atoms with Crippen LogP contribution in [-0.2, 0) is 27.7 Å². The van der Waals surface area contributed by atoms with E-state index in [2.05, 4.69) is 26.4 Å². The Morgan fingerprint density at radius 3 is 2.67 bits per heavy atom. The van der Waals surface area contributed by atoms with Gasteiger partial charge in [0.2, 0.25) is 10.0 Å². The van der Waals surface area contributed by atoms with Crippen LogP contribution in [0.1, 0.15) is 10.4 Å². The van der Waals surface area contributed by atoms with E-state index in [0.29, 0.717) is 18.8 Å². The molecule has 4 rings (SSSR count). The first-order valence-electron chi connectivity index (χ1n) is 8.72. The van der Waals surface area contributed by atoms with Crippen LogP contribution in [0.25, 0.3) is 0 Å². The number of nitrogens with zero attached hydrogens (tertiary/aromatic N) is 2. The van der Waals surface area contributed by atoms with Crippen molar-refractivity contribution in [2.24, 2.45) is 0 Å². The third-order valence-corrected chi connectivity index (χ3v) is 7.98. The highest BCUT2D eigenvalue weighted by Gasteiger charge is 2.40. The van der Waals surface area contributed by atoms with Crippen molar-refractivity contribution in [1.82, 2.24) is 9.21 Å². The Kier molecular flexibility index (Phi) is 4.94. The van der Waals surface area contributed by atoms with Gasteiger partial charge in [-0.05, 0) is 47.7 Å². The van der Waals surface area contributed by atoms with E-state index in [1.54, 1.807) is 23.5 Å². The Hall–Kier alpha value is -1.94. The van der Waals surface area contributed by atoms with Gasteiger partial charge in [-0.25, -0.2) is 13.2 Å². The van der Waals surface area contributed by atoms with Crippen molar-refractivity contribution in [3.05, 3.63) is 46.2 Å². The molecule has 7 nitrogen and oxygen atoms in total. The predicted octanol–water partition coefficient (Wildman–Crippen LogP) is 2.36. The third-order valence-electron chi connectivity index (χ3n) is 5.11. The van der Waals surface area contributed by atoms with Gasteiger partial charge >= 0.3 is 6.09 Å². The Labute approximate surface area is 162 Å². The highest BCUT2D eigenvalue weighted by molar-refractivity contribution is 7.89. The largest absolute Gasteiger partial charge is 0.453 e. The number of carbonyl (C=O) groups excluding carboxylic acids is 1. The molecule has 1 aromatic heterocycles. The van der Waals surface area contributed by atoms with Crippen molar-refractivity contribution in [1.29, 1.82) is 0 Å². The molecule has 1 saturated heterocycles. The second-order valence-electron chi connectivity index (χ2n) is 6.71. The molecule has 27 heavy (non-hydrogen) atoms.